The molecular weight excluding hydrogens is 316 g/mol. The van der Waals surface area contributed by atoms with Crippen molar-refractivity contribution in [1.82, 2.24) is 4.90 Å². The van der Waals surface area contributed by atoms with Gasteiger partial charge in [0.05, 0.1) is 12.7 Å². The van der Waals surface area contributed by atoms with Gasteiger partial charge in [-0.25, -0.2) is 0 Å². The molecule has 0 radical (unpaired) electrons. The molecule has 0 bridgehead atoms. The molecule has 100 valence electrons. The standard InChI is InChI=1S/C12H17BrN2O2S/c1-15(2)4-5-17-11-9(12(14)18)6-8(13)7-10(11)16-3/h6-7H,4-5H2,1-3H3,(H2,14,18). The van der Waals surface area contributed by atoms with Crippen LogP contribution in [0.15, 0.2) is 16.6 Å². The molecule has 0 amide bonds. The number of methoxy groups -OCH3 is 1. The van der Waals surface area contributed by atoms with Gasteiger partial charge < -0.3 is 20.1 Å². The zero-order chi connectivity index (χ0) is 13.7. The molecule has 0 aromatic heterocycles. The van der Waals surface area contributed by atoms with Crippen LogP contribution in [0.3, 0.4) is 0 Å². The van der Waals surface area contributed by atoms with Gasteiger partial charge in [0.25, 0.3) is 0 Å². The van der Waals surface area contributed by atoms with Gasteiger partial charge in [0.15, 0.2) is 11.5 Å². The number of benzene rings is 1. The molecule has 4 nitrogen and oxygen atoms in total. The highest BCUT2D eigenvalue weighted by molar-refractivity contribution is 9.10. The third-order valence-corrected chi connectivity index (χ3v) is 2.97. The van der Waals surface area contributed by atoms with Gasteiger partial charge in [0.2, 0.25) is 0 Å². The maximum atomic E-state index is 5.73. The van der Waals surface area contributed by atoms with Gasteiger partial charge in [-0.05, 0) is 26.2 Å². The summed E-state index contributed by atoms with van der Waals surface area (Å²) in [7, 11) is 5.55. The second-order valence-electron chi connectivity index (χ2n) is 4.00. The Morgan fingerprint density at radius 3 is 2.61 bits per heavy atom. The van der Waals surface area contributed by atoms with Crippen LogP contribution in [0.2, 0.25) is 0 Å². The van der Waals surface area contributed by atoms with Crippen molar-refractivity contribution in [1.29, 1.82) is 0 Å². The van der Waals surface area contributed by atoms with Crippen LogP contribution in [0.4, 0.5) is 0 Å². The quantitative estimate of drug-likeness (QED) is 0.808. The summed E-state index contributed by atoms with van der Waals surface area (Å²) in [6, 6.07) is 3.66. The third-order valence-electron chi connectivity index (χ3n) is 2.29. The van der Waals surface area contributed by atoms with Crippen LogP contribution in [0.5, 0.6) is 11.5 Å². The number of rotatable bonds is 6. The van der Waals surface area contributed by atoms with Crippen molar-refractivity contribution in [3.8, 4) is 11.5 Å². The van der Waals surface area contributed by atoms with E-state index in [9.17, 15) is 0 Å². The van der Waals surface area contributed by atoms with E-state index in [4.69, 9.17) is 27.4 Å². The Morgan fingerprint density at radius 2 is 2.11 bits per heavy atom. The molecule has 0 aliphatic rings. The third kappa shape index (κ3) is 4.12. The molecule has 2 N–H and O–H groups in total. The summed E-state index contributed by atoms with van der Waals surface area (Å²) in [6.45, 7) is 1.34. The monoisotopic (exact) mass is 332 g/mol. The first-order valence-electron chi connectivity index (χ1n) is 5.40. The first-order chi connectivity index (χ1) is 8.45. The zero-order valence-electron chi connectivity index (χ0n) is 10.7. The largest absolute Gasteiger partial charge is 0.493 e. The minimum Gasteiger partial charge on any atom is -0.493 e. The molecule has 0 aliphatic heterocycles. The molecule has 0 unspecified atom stereocenters. The maximum absolute atomic E-state index is 5.73. The average Bonchev–Trinajstić information content (AvgIpc) is 2.29. The van der Waals surface area contributed by atoms with Crippen LogP contribution in [-0.2, 0) is 0 Å². The lowest BCUT2D eigenvalue weighted by Crippen LogP contribution is -2.21. The van der Waals surface area contributed by atoms with Gasteiger partial charge in [0.1, 0.15) is 11.6 Å². The second kappa shape index (κ2) is 6.92. The van der Waals surface area contributed by atoms with Crippen LogP contribution < -0.4 is 15.2 Å². The summed E-state index contributed by atoms with van der Waals surface area (Å²) >= 11 is 8.42. The van der Waals surface area contributed by atoms with E-state index in [0.717, 1.165) is 11.0 Å². The van der Waals surface area contributed by atoms with Gasteiger partial charge in [-0.3, -0.25) is 0 Å². The summed E-state index contributed by atoms with van der Waals surface area (Å²) in [5, 5.41) is 0. The van der Waals surface area contributed by atoms with E-state index in [1.54, 1.807) is 7.11 Å². The first kappa shape index (κ1) is 15.2. The Morgan fingerprint density at radius 1 is 1.44 bits per heavy atom. The summed E-state index contributed by atoms with van der Waals surface area (Å²) in [5.41, 5.74) is 6.38. The molecule has 0 saturated heterocycles. The minimum atomic E-state index is 0.287. The number of nitrogens with two attached hydrogens (primary N) is 1. The number of likely N-dealkylation sites (N-methyl/N-ethyl adjacent to an activating group) is 1. The van der Waals surface area contributed by atoms with Crippen LogP contribution >= 0.6 is 28.1 Å². The fraction of sp³-hybridized carbons (Fsp3) is 0.417. The first-order valence-corrected chi connectivity index (χ1v) is 6.60. The van der Waals surface area contributed by atoms with Crippen molar-refractivity contribution in [3.05, 3.63) is 22.2 Å². The Kier molecular flexibility index (Phi) is 5.84. The van der Waals surface area contributed by atoms with E-state index in [1.165, 1.54) is 0 Å². The van der Waals surface area contributed by atoms with E-state index in [0.29, 0.717) is 23.7 Å². The smallest absolute Gasteiger partial charge is 0.171 e. The lowest BCUT2D eigenvalue weighted by molar-refractivity contribution is 0.250. The van der Waals surface area contributed by atoms with E-state index in [1.807, 2.05) is 31.1 Å². The molecule has 1 rings (SSSR count). The summed E-state index contributed by atoms with van der Waals surface area (Å²) < 4.78 is 11.9. The van der Waals surface area contributed by atoms with E-state index in [-0.39, 0.29) is 4.99 Å². The molecular formula is C12H17BrN2O2S. The molecule has 0 aliphatic carbocycles. The summed E-state index contributed by atoms with van der Waals surface area (Å²) in [5.74, 6) is 1.21. The topological polar surface area (TPSA) is 47.7 Å². The SMILES string of the molecule is COc1cc(Br)cc(C(N)=S)c1OCCN(C)C. The number of ether oxygens (including phenoxy) is 2. The molecule has 0 spiro atoms. The number of hydrogen-bond acceptors (Lipinski definition) is 4. The number of hydrogen-bond donors (Lipinski definition) is 1. The molecule has 0 atom stereocenters. The summed E-state index contributed by atoms with van der Waals surface area (Å²) in [6.07, 6.45) is 0. The molecule has 1 aromatic carbocycles. The zero-order valence-corrected chi connectivity index (χ0v) is 13.1. The van der Waals surface area contributed by atoms with Gasteiger partial charge in [-0.1, -0.05) is 28.1 Å². The minimum absolute atomic E-state index is 0.287. The van der Waals surface area contributed by atoms with Crippen LogP contribution in [0.25, 0.3) is 0 Å². The highest BCUT2D eigenvalue weighted by Gasteiger charge is 2.14. The maximum Gasteiger partial charge on any atom is 0.171 e. The molecule has 6 heteroatoms. The van der Waals surface area contributed by atoms with E-state index in [2.05, 4.69) is 15.9 Å². The molecule has 1 aromatic rings. The normalized spacial score (nSPS) is 10.5. The Labute approximate surface area is 121 Å². The van der Waals surface area contributed by atoms with Gasteiger partial charge in [-0.15, -0.1) is 0 Å². The van der Waals surface area contributed by atoms with Gasteiger partial charge in [-0.2, -0.15) is 0 Å². The second-order valence-corrected chi connectivity index (χ2v) is 5.36. The predicted octanol–water partition coefficient (Wildman–Crippen LogP) is 2.03. The Balaban J connectivity index is 3.01. The predicted molar refractivity (Wildman–Crippen MR) is 80.6 cm³/mol. The molecule has 0 heterocycles. The molecule has 0 saturated carbocycles. The Bertz CT molecular complexity index is 438. The van der Waals surface area contributed by atoms with Gasteiger partial charge in [0, 0.05) is 11.0 Å². The van der Waals surface area contributed by atoms with Gasteiger partial charge >= 0.3 is 0 Å². The van der Waals surface area contributed by atoms with Crippen molar-refractivity contribution in [2.75, 3.05) is 34.4 Å². The van der Waals surface area contributed by atoms with Crippen LogP contribution in [0, 0.1) is 0 Å². The van der Waals surface area contributed by atoms with Crippen molar-refractivity contribution in [2.24, 2.45) is 5.73 Å². The van der Waals surface area contributed by atoms with Crippen molar-refractivity contribution < 1.29 is 9.47 Å². The highest BCUT2D eigenvalue weighted by atomic mass is 79.9. The average molecular weight is 333 g/mol. The summed E-state index contributed by atoms with van der Waals surface area (Å²) in [4.78, 5) is 2.32. The lowest BCUT2D eigenvalue weighted by Gasteiger charge is -2.16. The van der Waals surface area contributed by atoms with Crippen molar-refractivity contribution in [3.63, 3.8) is 0 Å². The molecule has 0 fully saturated rings. The van der Waals surface area contributed by atoms with Crippen LogP contribution in [-0.4, -0.2) is 44.2 Å². The van der Waals surface area contributed by atoms with Crippen LogP contribution in [0.1, 0.15) is 5.56 Å². The van der Waals surface area contributed by atoms with E-state index >= 15 is 0 Å². The highest BCUT2D eigenvalue weighted by Crippen LogP contribution is 2.34. The number of thiocarbonyl (C=S) groups is 1. The number of halogens is 1. The fourth-order valence-electron chi connectivity index (χ4n) is 1.38. The van der Waals surface area contributed by atoms with E-state index < -0.39 is 0 Å². The number of nitrogens with zero attached hydrogens (tertiary/aromatic N) is 1. The lowest BCUT2D eigenvalue weighted by atomic mass is 10.2. The van der Waals surface area contributed by atoms with Crippen molar-refractivity contribution >= 4 is 33.1 Å². The Hall–Kier alpha value is -0.850. The fourth-order valence-corrected chi connectivity index (χ4v) is 1.97. The van der Waals surface area contributed by atoms with Crippen molar-refractivity contribution in [2.45, 2.75) is 0 Å². The molecule has 18 heavy (non-hydrogen) atoms.